The predicted molar refractivity (Wildman–Crippen MR) is 90.4 cm³/mol. The summed E-state index contributed by atoms with van der Waals surface area (Å²) in [6.45, 7) is 4.88. The van der Waals surface area contributed by atoms with E-state index in [2.05, 4.69) is 5.32 Å². The molecular weight excluding hydrogens is 321 g/mol. The van der Waals surface area contributed by atoms with Gasteiger partial charge in [0.25, 0.3) is 0 Å². The van der Waals surface area contributed by atoms with E-state index in [0.29, 0.717) is 16.6 Å². The number of hydrogen-bond acceptors (Lipinski definition) is 2. The zero-order chi connectivity index (χ0) is 16.3. The maximum absolute atomic E-state index is 12.1. The maximum atomic E-state index is 12.1. The van der Waals surface area contributed by atoms with E-state index in [1.807, 2.05) is 26.0 Å². The summed E-state index contributed by atoms with van der Waals surface area (Å²) in [5, 5.41) is 13.3. The zero-order valence-corrected chi connectivity index (χ0v) is 14.5. The minimum Gasteiger partial charge on any atom is -0.396 e. The van der Waals surface area contributed by atoms with Crippen molar-refractivity contribution in [3.05, 3.63) is 33.8 Å². The van der Waals surface area contributed by atoms with E-state index in [9.17, 15) is 9.90 Å². The van der Waals surface area contributed by atoms with Gasteiger partial charge in [0.2, 0.25) is 5.91 Å². The topological polar surface area (TPSA) is 49.3 Å². The molecule has 0 spiro atoms. The van der Waals surface area contributed by atoms with Crippen molar-refractivity contribution in [1.29, 1.82) is 0 Å². The summed E-state index contributed by atoms with van der Waals surface area (Å²) in [4.78, 5) is 12.1. The first-order chi connectivity index (χ1) is 10.3. The number of nitrogens with one attached hydrogen (secondary N) is 1. The van der Waals surface area contributed by atoms with Gasteiger partial charge >= 0.3 is 0 Å². The van der Waals surface area contributed by atoms with Crippen molar-refractivity contribution >= 4 is 29.1 Å². The monoisotopic (exact) mass is 343 g/mol. The van der Waals surface area contributed by atoms with Crippen molar-refractivity contribution in [2.24, 2.45) is 11.3 Å². The SMILES string of the molecule is CC(C)(CO)CCCNC(=O)C1CC1c1ccc(Cl)c(Cl)c1. The second kappa shape index (κ2) is 7.20. The van der Waals surface area contributed by atoms with E-state index in [-0.39, 0.29) is 29.8 Å². The molecule has 22 heavy (non-hydrogen) atoms. The third-order valence-corrected chi connectivity index (χ3v) is 5.00. The summed E-state index contributed by atoms with van der Waals surface area (Å²) in [7, 11) is 0. The highest BCUT2D eigenvalue weighted by atomic mass is 35.5. The number of amides is 1. The molecule has 1 aromatic carbocycles. The Morgan fingerprint density at radius 3 is 2.73 bits per heavy atom. The summed E-state index contributed by atoms with van der Waals surface area (Å²) in [5.41, 5.74) is 1.00. The van der Waals surface area contributed by atoms with Gasteiger partial charge in [-0.2, -0.15) is 0 Å². The molecule has 0 aromatic heterocycles. The van der Waals surface area contributed by atoms with Crippen LogP contribution in [0.4, 0.5) is 0 Å². The summed E-state index contributed by atoms with van der Waals surface area (Å²) in [5.74, 6) is 0.407. The number of rotatable bonds is 7. The zero-order valence-electron chi connectivity index (χ0n) is 13.0. The van der Waals surface area contributed by atoms with Crippen molar-refractivity contribution in [2.45, 2.75) is 39.0 Å². The van der Waals surface area contributed by atoms with Crippen molar-refractivity contribution in [2.75, 3.05) is 13.2 Å². The first-order valence-corrected chi connectivity index (χ1v) is 8.43. The van der Waals surface area contributed by atoms with Crippen molar-refractivity contribution in [3.63, 3.8) is 0 Å². The van der Waals surface area contributed by atoms with Gasteiger partial charge in [-0.05, 0) is 48.3 Å². The van der Waals surface area contributed by atoms with Gasteiger partial charge in [-0.3, -0.25) is 4.79 Å². The number of aliphatic hydroxyl groups is 1. The van der Waals surface area contributed by atoms with E-state index in [1.165, 1.54) is 0 Å². The van der Waals surface area contributed by atoms with Gasteiger partial charge in [-0.15, -0.1) is 0 Å². The van der Waals surface area contributed by atoms with Gasteiger partial charge in [0, 0.05) is 19.1 Å². The first kappa shape index (κ1) is 17.6. The molecule has 122 valence electrons. The van der Waals surface area contributed by atoms with E-state index in [4.69, 9.17) is 23.2 Å². The average Bonchev–Trinajstić information content (AvgIpc) is 3.27. The predicted octanol–water partition coefficient (Wildman–Crippen LogP) is 4.01. The third kappa shape index (κ3) is 4.61. The number of halogens is 2. The first-order valence-electron chi connectivity index (χ1n) is 7.67. The van der Waals surface area contributed by atoms with Crippen LogP contribution < -0.4 is 5.32 Å². The Morgan fingerprint density at radius 1 is 1.36 bits per heavy atom. The Labute approximate surface area is 142 Å². The molecule has 3 nitrogen and oxygen atoms in total. The normalized spacial score (nSPS) is 20.8. The van der Waals surface area contributed by atoms with Crippen molar-refractivity contribution in [1.82, 2.24) is 5.32 Å². The molecule has 2 N–H and O–H groups in total. The van der Waals surface area contributed by atoms with Crippen LogP contribution in [0.1, 0.15) is 44.6 Å². The second-order valence-electron chi connectivity index (χ2n) is 6.84. The number of carbonyl (C=O) groups excluding carboxylic acids is 1. The molecular formula is C17H23Cl2NO2. The smallest absolute Gasteiger partial charge is 0.223 e. The highest BCUT2D eigenvalue weighted by Crippen LogP contribution is 2.48. The molecule has 5 heteroatoms. The minimum absolute atomic E-state index is 0.0445. The quantitative estimate of drug-likeness (QED) is 0.734. The van der Waals surface area contributed by atoms with E-state index >= 15 is 0 Å². The molecule has 1 aromatic rings. The minimum atomic E-state index is -0.0765. The van der Waals surface area contributed by atoms with Crippen LogP contribution in [0.3, 0.4) is 0 Å². The number of benzene rings is 1. The molecule has 2 unspecified atom stereocenters. The van der Waals surface area contributed by atoms with Crippen molar-refractivity contribution in [3.8, 4) is 0 Å². The average molecular weight is 344 g/mol. The maximum Gasteiger partial charge on any atom is 0.223 e. The van der Waals surface area contributed by atoms with E-state index in [0.717, 1.165) is 24.8 Å². The van der Waals surface area contributed by atoms with Gasteiger partial charge in [-0.1, -0.05) is 43.1 Å². The Bertz CT molecular complexity index is 545. The molecule has 1 aliphatic rings. The van der Waals surface area contributed by atoms with Gasteiger partial charge in [0.1, 0.15) is 0 Å². The molecule has 0 radical (unpaired) electrons. The molecule has 0 bridgehead atoms. The van der Waals surface area contributed by atoms with Crippen LogP contribution in [0, 0.1) is 11.3 Å². The van der Waals surface area contributed by atoms with Crippen LogP contribution in [0.15, 0.2) is 18.2 Å². The van der Waals surface area contributed by atoms with E-state index in [1.54, 1.807) is 6.07 Å². The molecule has 0 saturated heterocycles. The van der Waals surface area contributed by atoms with Crippen molar-refractivity contribution < 1.29 is 9.90 Å². The molecule has 2 rings (SSSR count). The van der Waals surface area contributed by atoms with Gasteiger partial charge in [-0.25, -0.2) is 0 Å². The molecule has 2 atom stereocenters. The number of hydrogen-bond donors (Lipinski definition) is 2. The summed E-state index contributed by atoms with van der Waals surface area (Å²) >= 11 is 11.9. The van der Waals surface area contributed by atoms with Gasteiger partial charge in [0.15, 0.2) is 0 Å². The fourth-order valence-corrected chi connectivity index (χ4v) is 2.89. The summed E-state index contributed by atoms with van der Waals surface area (Å²) in [6.07, 6.45) is 2.64. The molecule has 1 aliphatic carbocycles. The highest BCUT2D eigenvalue weighted by Gasteiger charge is 2.43. The standard InChI is InChI=1S/C17H23Cl2NO2/c1-17(2,10-21)6-3-7-20-16(22)13-9-12(13)11-4-5-14(18)15(19)8-11/h4-5,8,12-13,21H,3,6-7,9-10H2,1-2H3,(H,20,22). The van der Waals surface area contributed by atoms with Gasteiger partial charge in [0.05, 0.1) is 10.0 Å². The van der Waals surface area contributed by atoms with Crippen LogP contribution in [0.5, 0.6) is 0 Å². The molecule has 1 amide bonds. The Balaban J connectivity index is 1.75. The molecule has 1 saturated carbocycles. The molecule has 0 aliphatic heterocycles. The van der Waals surface area contributed by atoms with Crippen LogP contribution in [-0.4, -0.2) is 24.2 Å². The second-order valence-corrected chi connectivity index (χ2v) is 7.65. The van der Waals surface area contributed by atoms with E-state index < -0.39 is 0 Å². The Hall–Kier alpha value is -0.770. The fourth-order valence-electron chi connectivity index (χ4n) is 2.58. The fraction of sp³-hybridized carbons (Fsp3) is 0.588. The highest BCUT2D eigenvalue weighted by molar-refractivity contribution is 6.42. The number of aliphatic hydroxyl groups excluding tert-OH is 1. The van der Waals surface area contributed by atoms with Crippen LogP contribution in [0.2, 0.25) is 10.0 Å². The number of carbonyl (C=O) groups is 1. The molecule has 1 fully saturated rings. The lowest BCUT2D eigenvalue weighted by Gasteiger charge is -2.21. The third-order valence-electron chi connectivity index (χ3n) is 4.26. The molecule has 0 heterocycles. The lowest BCUT2D eigenvalue weighted by molar-refractivity contribution is -0.122. The van der Waals surface area contributed by atoms with Gasteiger partial charge < -0.3 is 10.4 Å². The van der Waals surface area contributed by atoms with Crippen LogP contribution in [-0.2, 0) is 4.79 Å². The summed E-state index contributed by atoms with van der Waals surface area (Å²) in [6, 6.07) is 5.57. The largest absolute Gasteiger partial charge is 0.396 e. The Morgan fingerprint density at radius 2 is 2.09 bits per heavy atom. The van der Waals surface area contributed by atoms with Crippen LogP contribution >= 0.6 is 23.2 Å². The lowest BCUT2D eigenvalue weighted by Crippen LogP contribution is -2.28. The lowest BCUT2D eigenvalue weighted by atomic mass is 9.89. The Kier molecular flexibility index (Phi) is 5.76. The summed E-state index contributed by atoms with van der Waals surface area (Å²) < 4.78 is 0. The van der Waals surface area contributed by atoms with Crippen LogP contribution in [0.25, 0.3) is 0 Å².